The third-order valence-corrected chi connectivity index (χ3v) is 5.39. The summed E-state index contributed by atoms with van der Waals surface area (Å²) in [6, 6.07) is 7.87. The molecule has 5 heteroatoms. The topological polar surface area (TPSA) is 46.4 Å². The lowest BCUT2D eigenvalue weighted by atomic mass is 10.2. The molecule has 2 heterocycles. The minimum absolute atomic E-state index is 0.00173. The van der Waals surface area contributed by atoms with E-state index in [2.05, 4.69) is 15.7 Å². The van der Waals surface area contributed by atoms with Gasteiger partial charge in [-0.2, -0.15) is 0 Å². The molecule has 1 aromatic carbocycles. The van der Waals surface area contributed by atoms with E-state index in [0.29, 0.717) is 6.42 Å². The third-order valence-electron chi connectivity index (χ3n) is 4.49. The van der Waals surface area contributed by atoms with E-state index in [0.717, 1.165) is 22.9 Å². The van der Waals surface area contributed by atoms with Gasteiger partial charge < -0.3 is 10.2 Å². The van der Waals surface area contributed by atoms with Gasteiger partial charge >= 0.3 is 0 Å². The number of benzene rings is 1. The van der Waals surface area contributed by atoms with Crippen LogP contribution in [0.1, 0.15) is 41.9 Å². The number of nitrogens with one attached hydrogen (secondary N) is 2. The molecule has 4 nitrogen and oxygen atoms in total. The van der Waals surface area contributed by atoms with Crippen LogP contribution in [0.2, 0.25) is 0 Å². The Kier molecular flexibility index (Phi) is 5.99. The molecule has 24 heavy (non-hydrogen) atoms. The highest BCUT2D eigenvalue weighted by molar-refractivity contribution is 7.09. The molecule has 1 aliphatic rings. The molecule has 2 N–H and O–H groups in total. The monoisotopic (exact) mass is 344 g/mol. The van der Waals surface area contributed by atoms with Crippen molar-refractivity contribution in [3.05, 3.63) is 45.9 Å². The Morgan fingerprint density at radius 2 is 1.88 bits per heavy atom. The minimum Gasteiger partial charge on any atom is -0.330 e. The quantitative estimate of drug-likeness (QED) is 0.876. The number of quaternary nitrogens is 1. The van der Waals surface area contributed by atoms with Crippen LogP contribution in [0.5, 0.6) is 0 Å². The molecule has 0 unspecified atom stereocenters. The van der Waals surface area contributed by atoms with Crippen LogP contribution in [0.3, 0.4) is 0 Å². The number of aryl methyl sites for hydroxylation is 1. The summed E-state index contributed by atoms with van der Waals surface area (Å²) >= 11 is 1.60. The van der Waals surface area contributed by atoms with Crippen LogP contribution in [0.15, 0.2) is 29.6 Å². The van der Waals surface area contributed by atoms with Crippen LogP contribution in [0.4, 0.5) is 5.69 Å². The summed E-state index contributed by atoms with van der Waals surface area (Å²) in [7, 11) is 0. The van der Waals surface area contributed by atoms with Gasteiger partial charge in [0.1, 0.15) is 17.2 Å². The van der Waals surface area contributed by atoms with E-state index in [4.69, 9.17) is 0 Å². The van der Waals surface area contributed by atoms with E-state index in [-0.39, 0.29) is 5.91 Å². The SMILES string of the molecule is Cc1ccc(NC(=O)Cc2nc(C[NH+]3CCCCCC3)cs2)cc1. The molecular formula is C19H26N3OS+. The maximum atomic E-state index is 12.2. The van der Waals surface area contributed by atoms with Crippen LogP contribution in [0, 0.1) is 6.92 Å². The summed E-state index contributed by atoms with van der Waals surface area (Å²) in [6.07, 6.45) is 5.74. The highest BCUT2D eigenvalue weighted by atomic mass is 32.1. The van der Waals surface area contributed by atoms with Crippen molar-refractivity contribution >= 4 is 22.9 Å². The highest BCUT2D eigenvalue weighted by Gasteiger charge is 2.15. The molecule has 0 aliphatic carbocycles. The van der Waals surface area contributed by atoms with Gasteiger partial charge in [0.15, 0.2) is 0 Å². The summed E-state index contributed by atoms with van der Waals surface area (Å²) in [4.78, 5) is 18.5. The van der Waals surface area contributed by atoms with Gasteiger partial charge in [-0.05, 0) is 44.7 Å². The van der Waals surface area contributed by atoms with E-state index in [1.54, 1.807) is 16.2 Å². The number of carbonyl (C=O) groups is 1. The Morgan fingerprint density at radius 1 is 1.17 bits per heavy atom. The summed E-state index contributed by atoms with van der Waals surface area (Å²) in [6.45, 7) is 5.53. The number of nitrogens with zero attached hydrogens (tertiary/aromatic N) is 1. The molecule has 1 aliphatic heterocycles. The Hall–Kier alpha value is -1.72. The van der Waals surface area contributed by atoms with Crippen LogP contribution >= 0.6 is 11.3 Å². The zero-order valence-corrected chi connectivity index (χ0v) is 15.1. The molecule has 0 saturated carbocycles. The number of aromatic nitrogens is 1. The van der Waals surface area contributed by atoms with Crippen molar-refractivity contribution in [3.63, 3.8) is 0 Å². The zero-order chi connectivity index (χ0) is 16.8. The highest BCUT2D eigenvalue weighted by Crippen LogP contribution is 2.13. The normalized spacial score (nSPS) is 15.9. The standard InChI is InChI=1S/C19H25N3OS/c1-15-6-8-16(9-7-15)20-18(23)12-19-21-17(14-24-19)13-22-10-4-2-3-5-11-22/h6-9,14H,2-5,10-13H2,1H3,(H,20,23)/p+1. The molecule has 0 atom stereocenters. The van der Waals surface area contributed by atoms with E-state index < -0.39 is 0 Å². The molecule has 1 fully saturated rings. The van der Waals surface area contributed by atoms with Crippen molar-refractivity contribution in [1.29, 1.82) is 0 Å². The average Bonchev–Trinajstić information content (AvgIpc) is 2.83. The molecule has 0 spiro atoms. The average molecular weight is 345 g/mol. The van der Waals surface area contributed by atoms with Crippen LogP contribution in [-0.2, 0) is 17.8 Å². The summed E-state index contributed by atoms with van der Waals surface area (Å²) < 4.78 is 0. The lowest BCUT2D eigenvalue weighted by Crippen LogP contribution is -3.10. The molecule has 128 valence electrons. The lowest BCUT2D eigenvalue weighted by molar-refractivity contribution is -0.913. The predicted molar refractivity (Wildman–Crippen MR) is 98.5 cm³/mol. The number of anilines is 1. The molecule has 1 saturated heterocycles. The fraction of sp³-hybridized carbons (Fsp3) is 0.474. The maximum Gasteiger partial charge on any atom is 0.231 e. The van der Waals surface area contributed by atoms with Crippen molar-refractivity contribution < 1.29 is 9.69 Å². The maximum absolute atomic E-state index is 12.2. The number of amides is 1. The number of hydrogen-bond acceptors (Lipinski definition) is 3. The molecule has 0 bridgehead atoms. The van der Waals surface area contributed by atoms with Crippen LogP contribution in [0.25, 0.3) is 0 Å². The van der Waals surface area contributed by atoms with Crippen molar-refractivity contribution in [2.24, 2.45) is 0 Å². The van der Waals surface area contributed by atoms with Crippen molar-refractivity contribution in [1.82, 2.24) is 4.98 Å². The van der Waals surface area contributed by atoms with Gasteiger partial charge in [-0.15, -0.1) is 11.3 Å². The first kappa shape index (κ1) is 17.1. The second-order valence-corrected chi connectivity index (χ2v) is 7.61. The molecule has 0 radical (unpaired) electrons. The van der Waals surface area contributed by atoms with E-state index >= 15 is 0 Å². The molecule has 2 aromatic rings. The summed E-state index contributed by atoms with van der Waals surface area (Å²) in [5.41, 5.74) is 3.17. The van der Waals surface area contributed by atoms with E-state index in [9.17, 15) is 4.79 Å². The van der Waals surface area contributed by atoms with Gasteiger partial charge in [0.25, 0.3) is 0 Å². The van der Waals surface area contributed by atoms with Crippen molar-refractivity contribution in [2.75, 3.05) is 18.4 Å². The molecule has 3 rings (SSSR count). The number of hydrogen-bond donors (Lipinski definition) is 2. The Balaban J connectivity index is 1.51. The molecule has 1 amide bonds. The molecular weight excluding hydrogens is 318 g/mol. The smallest absolute Gasteiger partial charge is 0.231 e. The Bertz CT molecular complexity index is 658. The number of likely N-dealkylation sites (tertiary alicyclic amines) is 1. The van der Waals surface area contributed by atoms with Gasteiger partial charge in [0.05, 0.1) is 19.5 Å². The first-order chi connectivity index (χ1) is 11.7. The van der Waals surface area contributed by atoms with E-state index in [1.807, 2.05) is 31.2 Å². The Labute approximate surface area is 147 Å². The first-order valence-corrected chi connectivity index (χ1v) is 9.70. The second-order valence-electron chi connectivity index (χ2n) is 6.66. The van der Waals surface area contributed by atoms with Gasteiger partial charge in [0.2, 0.25) is 5.91 Å². The predicted octanol–water partition coefficient (Wildman–Crippen LogP) is 2.59. The number of thiazole rings is 1. The lowest BCUT2D eigenvalue weighted by Gasteiger charge is -2.15. The van der Waals surface area contributed by atoms with Gasteiger partial charge in [-0.3, -0.25) is 4.79 Å². The largest absolute Gasteiger partial charge is 0.330 e. The van der Waals surface area contributed by atoms with Crippen molar-refractivity contribution in [2.45, 2.75) is 45.6 Å². The van der Waals surface area contributed by atoms with Gasteiger partial charge in [-0.25, -0.2) is 4.98 Å². The second kappa shape index (κ2) is 8.40. The fourth-order valence-electron chi connectivity index (χ4n) is 3.15. The zero-order valence-electron chi connectivity index (χ0n) is 14.3. The van der Waals surface area contributed by atoms with Crippen LogP contribution < -0.4 is 10.2 Å². The number of carbonyl (C=O) groups excluding carboxylic acids is 1. The van der Waals surface area contributed by atoms with Gasteiger partial charge in [-0.1, -0.05) is 17.7 Å². The number of rotatable bonds is 5. The minimum atomic E-state index is 0.00173. The van der Waals surface area contributed by atoms with Crippen LogP contribution in [-0.4, -0.2) is 24.0 Å². The fourth-order valence-corrected chi connectivity index (χ4v) is 3.94. The van der Waals surface area contributed by atoms with Gasteiger partial charge in [0, 0.05) is 11.1 Å². The third kappa shape index (κ3) is 5.14. The van der Waals surface area contributed by atoms with E-state index in [1.165, 1.54) is 44.3 Å². The summed E-state index contributed by atoms with van der Waals surface area (Å²) in [5.74, 6) is 0.00173. The molecule has 1 aromatic heterocycles. The summed E-state index contributed by atoms with van der Waals surface area (Å²) in [5, 5.41) is 5.96. The Morgan fingerprint density at radius 3 is 2.58 bits per heavy atom. The van der Waals surface area contributed by atoms with Crippen molar-refractivity contribution in [3.8, 4) is 0 Å². The first-order valence-electron chi connectivity index (χ1n) is 8.82.